The predicted molar refractivity (Wildman–Crippen MR) is 103 cm³/mol. The zero-order valence-electron chi connectivity index (χ0n) is 14.6. The molecule has 0 aliphatic carbocycles. The Kier molecular flexibility index (Phi) is 6.20. The molecule has 1 saturated heterocycles. The summed E-state index contributed by atoms with van der Waals surface area (Å²) in [5, 5.41) is 0. The van der Waals surface area contributed by atoms with Gasteiger partial charge in [-0.05, 0) is 23.8 Å². The maximum atomic E-state index is 12.2. The largest absolute Gasteiger partial charge is 0.493 e. The molecule has 0 saturated carbocycles. The van der Waals surface area contributed by atoms with Crippen molar-refractivity contribution in [3.63, 3.8) is 0 Å². The summed E-state index contributed by atoms with van der Waals surface area (Å²) in [6.45, 7) is 2.89. The number of morpholine rings is 1. The number of ether oxygens (including phenoxy) is 3. The summed E-state index contributed by atoms with van der Waals surface area (Å²) in [5.74, 6) is 0.541. The van der Waals surface area contributed by atoms with Crippen LogP contribution in [0.25, 0.3) is 0 Å². The molecule has 6 heteroatoms. The van der Waals surface area contributed by atoms with Gasteiger partial charge in [-0.15, -0.1) is 0 Å². The lowest BCUT2D eigenvalue weighted by Crippen LogP contribution is -2.40. The smallest absolute Gasteiger partial charge is 0.315 e. The molecule has 1 aliphatic heterocycles. The lowest BCUT2D eigenvalue weighted by atomic mass is 10.1. The van der Waals surface area contributed by atoms with E-state index < -0.39 is 0 Å². The van der Waals surface area contributed by atoms with Crippen LogP contribution in [-0.2, 0) is 16.0 Å². The molecule has 0 atom stereocenters. The Morgan fingerprint density at radius 3 is 2.54 bits per heavy atom. The fourth-order valence-corrected chi connectivity index (χ4v) is 3.06. The summed E-state index contributed by atoms with van der Waals surface area (Å²) in [4.78, 5) is 15.0. The lowest BCUT2D eigenvalue weighted by Gasteiger charge is -2.29. The van der Waals surface area contributed by atoms with Gasteiger partial charge >= 0.3 is 5.97 Å². The summed E-state index contributed by atoms with van der Waals surface area (Å²) in [5.41, 5.74) is 1.77. The Labute approximate surface area is 158 Å². The number of rotatable bonds is 5. The summed E-state index contributed by atoms with van der Waals surface area (Å²) in [6.07, 6.45) is 0.206. The zero-order valence-corrected chi connectivity index (χ0v) is 15.5. The van der Waals surface area contributed by atoms with Crippen molar-refractivity contribution >= 4 is 23.2 Å². The molecule has 0 radical (unpaired) electrons. The monoisotopic (exact) mass is 371 g/mol. The quantitative estimate of drug-likeness (QED) is 0.458. The number of benzene rings is 2. The maximum Gasteiger partial charge on any atom is 0.315 e. The summed E-state index contributed by atoms with van der Waals surface area (Å²) in [6, 6.07) is 14.9. The van der Waals surface area contributed by atoms with E-state index in [4.69, 9.17) is 26.4 Å². The van der Waals surface area contributed by atoms with Crippen LogP contribution in [0.1, 0.15) is 11.1 Å². The van der Waals surface area contributed by atoms with E-state index in [1.807, 2.05) is 42.5 Å². The molecule has 2 aromatic carbocycles. The van der Waals surface area contributed by atoms with Crippen molar-refractivity contribution in [2.75, 3.05) is 33.4 Å². The normalized spacial score (nSPS) is 14.0. The first-order chi connectivity index (χ1) is 12.7. The van der Waals surface area contributed by atoms with Crippen LogP contribution in [0, 0.1) is 0 Å². The standard InChI is InChI=1S/C20H21NO4S/c1-23-18-14-16(20(26)21-9-11-24-12-10-21)7-8-17(18)25-19(22)13-15-5-3-2-4-6-15/h2-8,14H,9-13H2,1H3. The van der Waals surface area contributed by atoms with Gasteiger partial charge in [0.2, 0.25) is 0 Å². The third-order valence-electron chi connectivity index (χ3n) is 4.12. The summed E-state index contributed by atoms with van der Waals surface area (Å²) >= 11 is 5.57. The maximum absolute atomic E-state index is 12.2. The van der Waals surface area contributed by atoms with Gasteiger partial charge in [0, 0.05) is 18.7 Å². The van der Waals surface area contributed by atoms with E-state index in [0.29, 0.717) is 24.7 Å². The molecule has 3 rings (SSSR count). The molecule has 0 spiro atoms. The first kappa shape index (κ1) is 18.4. The molecule has 0 bridgehead atoms. The molecule has 26 heavy (non-hydrogen) atoms. The van der Waals surface area contributed by atoms with Crippen molar-refractivity contribution in [2.45, 2.75) is 6.42 Å². The second kappa shape index (κ2) is 8.78. The van der Waals surface area contributed by atoms with Gasteiger partial charge in [0.05, 0.1) is 26.7 Å². The average Bonchev–Trinajstić information content (AvgIpc) is 2.69. The topological polar surface area (TPSA) is 48.0 Å². The van der Waals surface area contributed by atoms with E-state index in [1.54, 1.807) is 13.2 Å². The van der Waals surface area contributed by atoms with Crippen LogP contribution in [0.5, 0.6) is 11.5 Å². The number of esters is 1. The molecule has 0 unspecified atom stereocenters. The van der Waals surface area contributed by atoms with Crippen molar-refractivity contribution in [1.29, 1.82) is 0 Å². The van der Waals surface area contributed by atoms with Crippen molar-refractivity contribution in [2.24, 2.45) is 0 Å². The molecule has 1 heterocycles. The SMILES string of the molecule is COc1cc(C(=S)N2CCOCC2)ccc1OC(=O)Cc1ccccc1. The van der Waals surface area contributed by atoms with Crippen molar-refractivity contribution < 1.29 is 19.0 Å². The fraction of sp³-hybridized carbons (Fsp3) is 0.300. The Balaban J connectivity index is 1.70. The molecule has 5 nitrogen and oxygen atoms in total. The van der Waals surface area contributed by atoms with Crippen LogP contribution in [0.2, 0.25) is 0 Å². The van der Waals surface area contributed by atoms with E-state index >= 15 is 0 Å². The zero-order chi connectivity index (χ0) is 18.4. The highest BCUT2D eigenvalue weighted by Gasteiger charge is 2.18. The van der Waals surface area contributed by atoms with Gasteiger partial charge in [-0.1, -0.05) is 42.5 Å². The predicted octanol–water partition coefficient (Wildman–Crippen LogP) is 2.85. The molecule has 0 aromatic heterocycles. The molecule has 0 amide bonds. The molecule has 136 valence electrons. The highest BCUT2D eigenvalue weighted by atomic mass is 32.1. The highest BCUT2D eigenvalue weighted by Crippen LogP contribution is 2.29. The van der Waals surface area contributed by atoms with E-state index in [1.165, 1.54) is 0 Å². The van der Waals surface area contributed by atoms with E-state index in [9.17, 15) is 4.79 Å². The fourth-order valence-electron chi connectivity index (χ4n) is 2.76. The minimum absolute atomic E-state index is 0.206. The van der Waals surface area contributed by atoms with Crippen molar-refractivity contribution in [3.05, 3.63) is 59.7 Å². The molecular formula is C20H21NO4S. The Hall–Kier alpha value is -2.44. The number of carbonyl (C=O) groups excluding carboxylic acids is 1. The molecular weight excluding hydrogens is 350 g/mol. The highest BCUT2D eigenvalue weighted by molar-refractivity contribution is 7.80. The number of hydrogen-bond acceptors (Lipinski definition) is 5. The second-order valence-electron chi connectivity index (χ2n) is 5.91. The van der Waals surface area contributed by atoms with Gasteiger partial charge in [0.25, 0.3) is 0 Å². The van der Waals surface area contributed by atoms with Gasteiger partial charge in [-0.3, -0.25) is 4.79 Å². The lowest BCUT2D eigenvalue weighted by molar-refractivity contribution is -0.133. The summed E-state index contributed by atoms with van der Waals surface area (Å²) < 4.78 is 16.2. The van der Waals surface area contributed by atoms with Crippen molar-refractivity contribution in [1.82, 2.24) is 4.90 Å². The number of hydrogen-bond donors (Lipinski definition) is 0. The third-order valence-corrected chi connectivity index (χ3v) is 4.62. The Morgan fingerprint density at radius 1 is 1.12 bits per heavy atom. The third kappa shape index (κ3) is 4.59. The minimum Gasteiger partial charge on any atom is -0.493 e. The van der Waals surface area contributed by atoms with Crippen LogP contribution in [0.15, 0.2) is 48.5 Å². The Morgan fingerprint density at radius 2 is 1.85 bits per heavy atom. The first-order valence-corrected chi connectivity index (χ1v) is 8.88. The number of methoxy groups -OCH3 is 1. The van der Waals surface area contributed by atoms with Gasteiger partial charge in [0.1, 0.15) is 4.99 Å². The molecule has 0 N–H and O–H groups in total. The summed E-state index contributed by atoms with van der Waals surface area (Å²) in [7, 11) is 1.55. The number of nitrogens with zero attached hydrogens (tertiary/aromatic N) is 1. The van der Waals surface area contributed by atoms with Crippen LogP contribution >= 0.6 is 12.2 Å². The van der Waals surface area contributed by atoms with E-state index in [-0.39, 0.29) is 12.4 Å². The van der Waals surface area contributed by atoms with Gasteiger partial charge in [0.15, 0.2) is 11.5 Å². The van der Waals surface area contributed by atoms with Crippen LogP contribution in [0.3, 0.4) is 0 Å². The molecule has 1 aliphatic rings. The van der Waals surface area contributed by atoms with Crippen LogP contribution < -0.4 is 9.47 Å². The van der Waals surface area contributed by atoms with Gasteiger partial charge in [-0.25, -0.2) is 0 Å². The first-order valence-electron chi connectivity index (χ1n) is 8.47. The second-order valence-corrected chi connectivity index (χ2v) is 6.29. The van der Waals surface area contributed by atoms with Gasteiger partial charge in [-0.2, -0.15) is 0 Å². The van der Waals surface area contributed by atoms with Crippen LogP contribution in [0.4, 0.5) is 0 Å². The Bertz CT molecular complexity index is 773. The van der Waals surface area contributed by atoms with Crippen LogP contribution in [-0.4, -0.2) is 49.3 Å². The average molecular weight is 371 g/mol. The van der Waals surface area contributed by atoms with E-state index in [2.05, 4.69) is 4.90 Å². The number of thiocarbonyl (C=S) groups is 1. The van der Waals surface area contributed by atoms with Gasteiger partial charge < -0.3 is 19.1 Å². The number of carbonyl (C=O) groups is 1. The molecule has 1 fully saturated rings. The van der Waals surface area contributed by atoms with Crippen molar-refractivity contribution in [3.8, 4) is 11.5 Å². The molecule has 2 aromatic rings. The van der Waals surface area contributed by atoms with E-state index in [0.717, 1.165) is 29.2 Å². The minimum atomic E-state index is -0.335.